The fourth-order valence-electron chi connectivity index (χ4n) is 1.19. The second-order valence-electron chi connectivity index (χ2n) is 2.75. The van der Waals surface area contributed by atoms with Crippen molar-refractivity contribution in [1.82, 2.24) is 14.8 Å². The maximum absolute atomic E-state index is 13.2. The molecule has 62 valence electrons. The molecule has 0 bridgehead atoms. The van der Waals surface area contributed by atoms with Gasteiger partial charge in [0.2, 0.25) is 0 Å². The van der Waals surface area contributed by atoms with Gasteiger partial charge in [-0.15, -0.1) is 0 Å². The van der Waals surface area contributed by atoms with E-state index in [2.05, 4.69) is 10.1 Å². The van der Waals surface area contributed by atoms with Crippen molar-refractivity contribution in [2.24, 2.45) is 7.05 Å². The van der Waals surface area contributed by atoms with Gasteiger partial charge in [-0.05, 0) is 13.0 Å². The largest absolute Gasteiger partial charge is 0.250 e. The fraction of sp³-hybridized carbons (Fsp3) is 0.250. The number of rotatable bonds is 0. The molecule has 3 nitrogen and oxygen atoms in total. The first-order chi connectivity index (χ1) is 5.68. The fourth-order valence-corrected chi connectivity index (χ4v) is 1.19. The third kappa shape index (κ3) is 0.879. The molecule has 0 radical (unpaired) electrons. The third-order valence-electron chi connectivity index (χ3n) is 1.78. The molecule has 0 saturated carbocycles. The molecule has 0 saturated heterocycles. The molecule has 0 aliphatic carbocycles. The Bertz CT molecular complexity index is 433. The first-order valence-corrected chi connectivity index (χ1v) is 3.63. The average Bonchev–Trinajstić information content (AvgIpc) is 2.33. The number of hydrogen-bond acceptors (Lipinski definition) is 2. The molecular formula is C8H8FN3. The molecule has 4 heteroatoms. The Morgan fingerprint density at radius 3 is 3.00 bits per heavy atom. The maximum atomic E-state index is 13.2. The minimum atomic E-state index is -0.259. The lowest BCUT2D eigenvalue weighted by atomic mass is 10.3. The van der Waals surface area contributed by atoms with Crippen LogP contribution in [0.4, 0.5) is 4.39 Å². The van der Waals surface area contributed by atoms with Crippen LogP contribution in [0.1, 0.15) is 5.69 Å². The molecule has 2 rings (SSSR count). The molecule has 12 heavy (non-hydrogen) atoms. The molecular weight excluding hydrogens is 157 g/mol. The highest BCUT2D eigenvalue weighted by atomic mass is 19.1. The molecule has 0 fully saturated rings. The predicted octanol–water partition coefficient (Wildman–Crippen LogP) is 1.42. The van der Waals surface area contributed by atoms with Crippen molar-refractivity contribution in [3.63, 3.8) is 0 Å². The number of halogens is 1. The summed E-state index contributed by atoms with van der Waals surface area (Å²) in [6.07, 6.45) is 1.48. The zero-order chi connectivity index (χ0) is 8.72. The highest BCUT2D eigenvalue weighted by Gasteiger charge is 2.06. The minimum absolute atomic E-state index is 0.259. The van der Waals surface area contributed by atoms with E-state index in [0.717, 1.165) is 0 Å². The maximum Gasteiger partial charge on any atom is 0.160 e. The first kappa shape index (κ1) is 7.21. The zero-order valence-corrected chi connectivity index (χ0v) is 6.87. The van der Waals surface area contributed by atoms with E-state index in [0.29, 0.717) is 16.7 Å². The Morgan fingerprint density at radius 2 is 2.25 bits per heavy atom. The Hall–Kier alpha value is -1.45. The van der Waals surface area contributed by atoms with E-state index >= 15 is 0 Å². The van der Waals surface area contributed by atoms with Crippen LogP contribution < -0.4 is 0 Å². The van der Waals surface area contributed by atoms with Crippen LogP contribution in [-0.2, 0) is 7.05 Å². The van der Waals surface area contributed by atoms with E-state index in [1.165, 1.54) is 12.3 Å². The lowest BCUT2D eigenvalue weighted by molar-refractivity contribution is 0.636. The number of aromatic nitrogens is 3. The Balaban J connectivity index is 2.92. The molecule has 0 aromatic carbocycles. The Morgan fingerprint density at radius 1 is 1.50 bits per heavy atom. The van der Waals surface area contributed by atoms with E-state index in [9.17, 15) is 4.39 Å². The molecule has 2 aromatic heterocycles. The lowest BCUT2D eigenvalue weighted by Gasteiger charge is -1.96. The van der Waals surface area contributed by atoms with E-state index in [1.54, 1.807) is 18.7 Å². The van der Waals surface area contributed by atoms with Gasteiger partial charge in [-0.3, -0.25) is 4.68 Å². The predicted molar refractivity (Wildman–Crippen MR) is 43.2 cm³/mol. The highest BCUT2D eigenvalue weighted by molar-refractivity contribution is 5.75. The second-order valence-corrected chi connectivity index (χ2v) is 2.75. The van der Waals surface area contributed by atoms with Crippen molar-refractivity contribution in [3.8, 4) is 0 Å². The molecule has 0 spiro atoms. The van der Waals surface area contributed by atoms with Gasteiger partial charge in [-0.1, -0.05) is 0 Å². The lowest BCUT2D eigenvalue weighted by Crippen LogP contribution is -1.93. The molecule has 0 unspecified atom stereocenters. The molecule has 0 aliphatic heterocycles. The van der Waals surface area contributed by atoms with Crippen LogP contribution in [0.3, 0.4) is 0 Å². The van der Waals surface area contributed by atoms with Crippen LogP contribution in [-0.4, -0.2) is 14.8 Å². The molecule has 2 aromatic rings. The average molecular weight is 165 g/mol. The molecule has 0 amide bonds. The number of nitrogens with zero attached hydrogens (tertiary/aromatic N) is 3. The first-order valence-electron chi connectivity index (χ1n) is 3.63. The standard InChI is InChI=1S/C8H8FN3/c1-5-3-7(9)6-4-10-12(2)8(6)11-5/h3-4H,1-2H3. The summed E-state index contributed by atoms with van der Waals surface area (Å²) in [5.74, 6) is -0.259. The SMILES string of the molecule is Cc1cc(F)c2cnn(C)c2n1. The summed E-state index contributed by atoms with van der Waals surface area (Å²) in [4.78, 5) is 4.16. The van der Waals surface area contributed by atoms with Gasteiger partial charge >= 0.3 is 0 Å². The Labute approximate surface area is 68.8 Å². The van der Waals surface area contributed by atoms with Crippen LogP contribution in [0.15, 0.2) is 12.3 Å². The number of aryl methyl sites for hydroxylation is 2. The van der Waals surface area contributed by atoms with Crippen LogP contribution in [0.5, 0.6) is 0 Å². The number of fused-ring (bicyclic) bond motifs is 1. The third-order valence-corrected chi connectivity index (χ3v) is 1.78. The summed E-state index contributed by atoms with van der Waals surface area (Å²) < 4.78 is 14.7. The summed E-state index contributed by atoms with van der Waals surface area (Å²) in [5, 5.41) is 4.39. The van der Waals surface area contributed by atoms with Crippen LogP contribution in [0.2, 0.25) is 0 Å². The molecule has 0 aliphatic rings. The van der Waals surface area contributed by atoms with Gasteiger partial charge in [-0.25, -0.2) is 9.37 Å². The van der Waals surface area contributed by atoms with Gasteiger partial charge in [0.25, 0.3) is 0 Å². The quantitative estimate of drug-likeness (QED) is 0.591. The summed E-state index contributed by atoms with van der Waals surface area (Å²) in [7, 11) is 1.74. The van der Waals surface area contributed by atoms with Crippen LogP contribution in [0.25, 0.3) is 11.0 Å². The van der Waals surface area contributed by atoms with Crippen molar-refractivity contribution < 1.29 is 4.39 Å². The van der Waals surface area contributed by atoms with Crippen molar-refractivity contribution in [2.75, 3.05) is 0 Å². The second kappa shape index (κ2) is 2.27. The van der Waals surface area contributed by atoms with Gasteiger partial charge in [0.1, 0.15) is 5.82 Å². The van der Waals surface area contributed by atoms with Gasteiger partial charge in [0, 0.05) is 12.7 Å². The van der Waals surface area contributed by atoms with E-state index in [-0.39, 0.29) is 5.82 Å². The van der Waals surface area contributed by atoms with Crippen LogP contribution in [0, 0.1) is 12.7 Å². The smallest absolute Gasteiger partial charge is 0.160 e. The normalized spacial score (nSPS) is 10.9. The van der Waals surface area contributed by atoms with E-state index in [4.69, 9.17) is 0 Å². The zero-order valence-electron chi connectivity index (χ0n) is 6.87. The molecule has 0 atom stereocenters. The summed E-state index contributed by atoms with van der Waals surface area (Å²) in [6, 6.07) is 1.41. The molecule has 0 N–H and O–H groups in total. The van der Waals surface area contributed by atoms with Crippen molar-refractivity contribution in [3.05, 3.63) is 23.8 Å². The van der Waals surface area contributed by atoms with E-state index < -0.39 is 0 Å². The molecule has 2 heterocycles. The van der Waals surface area contributed by atoms with Gasteiger partial charge < -0.3 is 0 Å². The minimum Gasteiger partial charge on any atom is -0.250 e. The van der Waals surface area contributed by atoms with Crippen molar-refractivity contribution in [1.29, 1.82) is 0 Å². The Kier molecular flexibility index (Phi) is 1.36. The van der Waals surface area contributed by atoms with Gasteiger partial charge in [0.05, 0.1) is 11.6 Å². The van der Waals surface area contributed by atoms with E-state index in [1.807, 2.05) is 0 Å². The number of pyridine rings is 1. The van der Waals surface area contributed by atoms with Crippen LogP contribution >= 0.6 is 0 Å². The van der Waals surface area contributed by atoms with Crippen molar-refractivity contribution in [2.45, 2.75) is 6.92 Å². The van der Waals surface area contributed by atoms with Gasteiger partial charge in [0.15, 0.2) is 5.65 Å². The van der Waals surface area contributed by atoms with Crippen molar-refractivity contribution >= 4 is 11.0 Å². The summed E-state index contributed by atoms with van der Waals surface area (Å²) >= 11 is 0. The topological polar surface area (TPSA) is 30.7 Å². The summed E-state index contributed by atoms with van der Waals surface area (Å²) in [5.41, 5.74) is 1.26. The monoisotopic (exact) mass is 165 g/mol. The summed E-state index contributed by atoms with van der Waals surface area (Å²) in [6.45, 7) is 1.76. The number of hydrogen-bond donors (Lipinski definition) is 0. The highest BCUT2D eigenvalue weighted by Crippen LogP contribution is 2.14. The van der Waals surface area contributed by atoms with Gasteiger partial charge in [-0.2, -0.15) is 5.10 Å².